The van der Waals surface area contributed by atoms with Crippen molar-refractivity contribution in [2.45, 2.75) is 26.3 Å². The molecule has 0 saturated carbocycles. The van der Waals surface area contributed by atoms with Crippen LogP contribution in [0.3, 0.4) is 0 Å². The van der Waals surface area contributed by atoms with Crippen LogP contribution in [-0.4, -0.2) is 30.0 Å². The zero-order valence-corrected chi connectivity index (χ0v) is 12.1. The van der Waals surface area contributed by atoms with Gasteiger partial charge in [0.25, 0.3) is 0 Å². The maximum Gasteiger partial charge on any atom is 0.0794 e. The zero-order chi connectivity index (χ0) is 13.3. The smallest absolute Gasteiger partial charge is 0.0794 e. The Labute approximate surface area is 118 Å². The molecule has 2 rings (SSSR count). The minimum absolute atomic E-state index is 0.770. The molecule has 2 N–H and O–H groups in total. The summed E-state index contributed by atoms with van der Waals surface area (Å²) in [6.07, 6.45) is 4.22. The third-order valence-electron chi connectivity index (χ3n) is 2.87. The van der Waals surface area contributed by atoms with E-state index in [0.29, 0.717) is 0 Å². The van der Waals surface area contributed by atoms with Crippen molar-refractivity contribution >= 4 is 11.3 Å². The molecule has 0 atom stereocenters. The number of hydrogen-bond donors (Lipinski definition) is 2. The standard InChI is InChI=1S/C14H21N3OS/c1-2-3-7-18-8-6-15-10-12-11-16-17-14(12)13-5-4-9-19-13/h4-5,9,11,15H,2-3,6-8,10H2,1H3,(H,16,17). The van der Waals surface area contributed by atoms with Crippen LogP contribution in [0.4, 0.5) is 0 Å². The number of unbranched alkanes of at least 4 members (excludes halogenated alkanes) is 1. The second kappa shape index (κ2) is 8.09. The molecule has 4 nitrogen and oxygen atoms in total. The van der Waals surface area contributed by atoms with Crippen molar-refractivity contribution in [3.63, 3.8) is 0 Å². The van der Waals surface area contributed by atoms with Gasteiger partial charge in [0.15, 0.2) is 0 Å². The third kappa shape index (κ3) is 4.45. The molecule has 0 radical (unpaired) electrons. The summed E-state index contributed by atoms with van der Waals surface area (Å²) in [5.74, 6) is 0. The molecule has 0 aliphatic heterocycles. The molecule has 5 heteroatoms. The van der Waals surface area contributed by atoms with Crippen LogP contribution in [0.1, 0.15) is 25.3 Å². The summed E-state index contributed by atoms with van der Waals surface area (Å²) in [5, 5.41) is 12.7. The quantitative estimate of drug-likeness (QED) is 0.694. The Hall–Kier alpha value is -1.17. The highest BCUT2D eigenvalue weighted by Crippen LogP contribution is 2.25. The first kappa shape index (κ1) is 14.2. The highest BCUT2D eigenvalue weighted by Gasteiger charge is 2.07. The zero-order valence-electron chi connectivity index (χ0n) is 11.3. The lowest BCUT2D eigenvalue weighted by Crippen LogP contribution is -2.19. The number of hydrogen-bond acceptors (Lipinski definition) is 4. The van der Waals surface area contributed by atoms with Gasteiger partial charge in [-0.2, -0.15) is 5.10 Å². The maximum absolute atomic E-state index is 5.51. The first-order valence-electron chi connectivity index (χ1n) is 6.76. The number of H-pyrrole nitrogens is 1. The minimum atomic E-state index is 0.770. The highest BCUT2D eigenvalue weighted by atomic mass is 32.1. The summed E-state index contributed by atoms with van der Waals surface area (Å²) in [5.41, 5.74) is 2.32. The molecular formula is C14H21N3OS. The lowest BCUT2D eigenvalue weighted by molar-refractivity contribution is 0.133. The molecule has 2 aromatic rings. The number of aromatic amines is 1. The van der Waals surface area contributed by atoms with Crippen LogP contribution in [0.25, 0.3) is 10.6 Å². The van der Waals surface area contributed by atoms with Gasteiger partial charge in [-0.1, -0.05) is 19.4 Å². The Bertz CT molecular complexity index is 453. The normalized spacial score (nSPS) is 11.0. The van der Waals surface area contributed by atoms with Crippen molar-refractivity contribution in [1.82, 2.24) is 15.5 Å². The molecule has 0 unspecified atom stereocenters. The molecule has 2 aromatic heterocycles. The largest absolute Gasteiger partial charge is 0.380 e. The SMILES string of the molecule is CCCCOCCNCc1cn[nH]c1-c1cccs1. The molecule has 0 bridgehead atoms. The molecule has 19 heavy (non-hydrogen) atoms. The van der Waals surface area contributed by atoms with Crippen molar-refractivity contribution in [3.05, 3.63) is 29.3 Å². The van der Waals surface area contributed by atoms with Crippen molar-refractivity contribution in [2.75, 3.05) is 19.8 Å². The summed E-state index contributed by atoms with van der Waals surface area (Å²) in [6.45, 7) is 5.50. The molecular weight excluding hydrogens is 258 g/mol. The Morgan fingerprint density at radius 3 is 3.16 bits per heavy atom. The Kier molecular flexibility index (Phi) is 6.07. The summed E-state index contributed by atoms with van der Waals surface area (Å²) < 4.78 is 5.51. The maximum atomic E-state index is 5.51. The fourth-order valence-electron chi connectivity index (χ4n) is 1.80. The van der Waals surface area contributed by atoms with E-state index in [-0.39, 0.29) is 0 Å². The van der Waals surface area contributed by atoms with E-state index in [0.717, 1.165) is 38.4 Å². The monoisotopic (exact) mass is 279 g/mol. The molecule has 0 fully saturated rings. The van der Waals surface area contributed by atoms with Gasteiger partial charge in [0, 0.05) is 25.3 Å². The Morgan fingerprint density at radius 1 is 1.42 bits per heavy atom. The molecule has 2 heterocycles. The van der Waals surface area contributed by atoms with Gasteiger partial charge in [0.2, 0.25) is 0 Å². The predicted octanol–water partition coefficient (Wildman–Crippen LogP) is 3.04. The van der Waals surface area contributed by atoms with Gasteiger partial charge in [-0.25, -0.2) is 0 Å². The van der Waals surface area contributed by atoms with Crippen LogP contribution >= 0.6 is 11.3 Å². The van der Waals surface area contributed by atoms with E-state index >= 15 is 0 Å². The van der Waals surface area contributed by atoms with Gasteiger partial charge in [-0.05, 0) is 17.9 Å². The van der Waals surface area contributed by atoms with Gasteiger partial charge in [0.05, 0.1) is 23.4 Å². The van der Waals surface area contributed by atoms with Crippen molar-refractivity contribution in [1.29, 1.82) is 0 Å². The number of thiophene rings is 1. The first-order chi connectivity index (χ1) is 9.42. The van der Waals surface area contributed by atoms with E-state index in [9.17, 15) is 0 Å². The van der Waals surface area contributed by atoms with Crippen LogP contribution < -0.4 is 5.32 Å². The Balaban J connectivity index is 1.71. The molecule has 0 aromatic carbocycles. The number of nitrogens with zero attached hydrogens (tertiary/aromatic N) is 1. The van der Waals surface area contributed by atoms with Crippen LogP contribution in [0.2, 0.25) is 0 Å². The highest BCUT2D eigenvalue weighted by molar-refractivity contribution is 7.13. The third-order valence-corrected chi connectivity index (χ3v) is 3.75. The van der Waals surface area contributed by atoms with Crippen molar-refractivity contribution in [3.8, 4) is 10.6 Å². The van der Waals surface area contributed by atoms with E-state index in [1.807, 2.05) is 6.20 Å². The molecule has 0 aliphatic rings. The fraction of sp³-hybridized carbons (Fsp3) is 0.500. The van der Waals surface area contributed by atoms with Crippen molar-refractivity contribution in [2.24, 2.45) is 0 Å². The molecule has 0 amide bonds. The molecule has 104 valence electrons. The lowest BCUT2D eigenvalue weighted by Gasteiger charge is -2.05. The van der Waals surface area contributed by atoms with E-state index in [4.69, 9.17) is 4.74 Å². The molecule has 0 aliphatic carbocycles. The summed E-state index contributed by atoms with van der Waals surface area (Å²) in [6, 6.07) is 4.16. The van der Waals surface area contributed by atoms with Crippen LogP contribution in [0.5, 0.6) is 0 Å². The second-order valence-electron chi connectivity index (χ2n) is 4.39. The van der Waals surface area contributed by atoms with E-state index in [1.54, 1.807) is 11.3 Å². The number of nitrogens with one attached hydrogen (secondary N) is 2. The van der Waals surface area contributed by atoms with Crippen LogP contribution in [0.15, 0.2) is 23.7 Å². The van der Waals surface area contributed by atoms with Gasteiger partial charge in [-0.3, -0.25) is 5.10 Å². The minimum Gasteiger partial charge on any atom is -0.380 e. The summed E-state index contributed by atoms with van der Waals surface area (Å²) in [4.78, 5) is 1.23. The van der Waals surface area contributed by atoms with E-state index < -0.39 is 0 Å². The number of ether oxygens (including phenoxy) is 1. The number of rotatable bonds is 9. The lowest BCUT2D eigenvalue weighted by atomic mass is 10.2. The first-order valence-corrected chi connectivity index (χ1v) is 7.64. The average Bonchev–Trinajstić information content (AvgIpc) is 3.08. The van der Waals surface area contributed by atoms with E-state index in [2.05, 4.69) is 40.0 Å². The second-order valence-corrected chi connectivity index (χ2v) is 5.34. The van der Waals surface area contributed by atoms with Crippen LogP contribution in [0, 0.1) is 0 Å². The average molecular weight is 279 g/mol. The molecule has 0 spiro atoms. The van der Waals surface area contributed by atoms with Crippen LogP contribution in [-0.2, 0) is 11.3 Å². The van der Waals surface area contributed by atoms with Gasteiger partial charge in [0.1, 0.15) is 0 Å². The predicted molar refractivity (Wildman–Crippen MR) is 79.3 cm³/mol. The Morgan fingerprint density at radius 2 is 2.37 bits per heavy atom. The van der Waals surface area contributed by atoms with Gasteiger partial charge in [-0.15, -0.1) is 11.3 Å². The summed E-state index contributed by atoms with van der Waals surface area (Å²) >= 11 is 1.72. The van der Waals surface area contributed by atoms with Gasteiger partial charge >= 0.3 is 0 Å². The molecule has 0 saturated heterocycles. The van der Waals surface area contributed by atoms with Gasteiger partial charge < -0.3 is 10.1 Å². The van der Waals surface area contributed by atoms with Crippen molar-refractivity contribution < 1.29 is 4.74 Å². The summed E-state index contributed by atoms with van der Waals surface area (Å²) in [7, 11) is 0. The fourth-order valence-corrected chi connectivity index (χ4v) is 2.55. The topological polar surface area (TPSA) is 49.9 Å². The number of aromatic nitrogens is 2. The van der Waals surface area contributed by atoms with E-state index in [1.165, 1.54) is 16.9 Å².